The fourth-order valence-electron chi connectivity index (χ4n) is 2.54. The van der Waals surface area contributed by atoms with Gasteiger partial charge in [-0.25, -0.2) is 4.68 Å². The largest absolute Gasteiger partial charge is 0.466 e. The van der Waals surface area contributed by atoms with Crippen LogP contribution in [-0.2, 0) is 22.5 Å². The summed E-state index contributed by atoms with van der Waals surface area (Å²) in [5, 5.41) is 8.49. The number of hydrogen-bond acceptors (Lipinski definition) is 4. The van der Waals surface area contributed by atoms with Crippen LogP contribution < -0.4 is 5.32 Å². The molecule has 134 valence electrons. The molecular formula is C20H20ClN3O2. The molecule has 0 saturated heterocycles. The number of esters is 1. The molecule has 26 heavy (non-hydrogen) atoms. The molecule has 1 aromatic heterocycles. The Balaban J connectivity index is 1.57. The first-order valence-electron chi connectivity index (χ1n) is 8.36. The summed E-state index contributed by atoms with van der Waals surface area (Å²) in [5.41, 5.74) is 4.18. The predicted molar refractivity (Wildman–Crippen MR) is 103 cm³/mol. The highest BCUT2D eigenvalue weighted by atomic mass is 35.5. The first-order valence-corrected chi connectivity index (χ1v) is 8.73. The van der Waals surface area contributed by atoms with E-state index in [9.17, 15) is 4.79 Å². The lowest BCUT2D eigenvalue weighted by molar-refractivity contribution is -0.140. The normalized spacial score (nSPS) is 10.5. The lowest BCUT2D eigenvalue weighted by Gasteiger charge is -2.08. The second kappa shape index (κ2) is 8.54. The molecule has 0 fully saturated rings. The van der Waals surface area contributed by atoms with Crippen LogP contribution in [0.3, 0.4) is 0 Å². The number of ether oxygens (including phenoxy) is 1. The maximum atomic E-state index is 10.8. The van der Waals surface area contributed by atoms with Crippen molar-refractivity contribution in [3.8, 4) is 5.69 Å². The van der Waals surface area contributed by atoms with Gasteiger partial charge in [-0.2, -0.15) is 5.10 Å². The van der Waals surface area contributed by atoms with E-state index in [1.165, 1.54) is 6.92 Å². The summed E-state index contributed by atoms with van der Waals surface area (Å²) in [7, 11) is 0. The van der Waals surface area contributed by atoms with Crippen molar-refractivity contribution in [2.45, 2.75) is 19.9 Å². The van der Waals surface area contributed by atoms with Gasteiger partial charge in [0.15, 0.2) is 0 Å². The van der Waals surface area contributed by atoms with E-state index >= 15 is 0 Å². The van der Waals surface area contributed by atoms with Gasteiger partial charge in [-0.15, -0.1) is 0 Å². The lowest BCUT2D eigenvalue weighted by Crippen LogP contribution is -2.04. The van der Waals surface area contributed by atoms with Crippen LogP contribution in [0.15, 0.2) is 60.9 Å². The Hall–Kier alpha value is -2.79. The van der Waals surface area contributed by atoms with Crippen LogP contribution in [0.5, 0.6) is 0 Å². The first-order chi connectivity index (χ1) is 12.6. The third-order valence-corrected chi connectivity index (χ3v) is 4.10. The minimum Gasteiger partial charge on any atom is -0.466 e. The van der Waals surface area contributed by atoms with Crippen molar-refractivity contribution in [3.05, 3.63) is 77.1 Å². The van der Waals surface area contributed by atoms with Gasteiger partial charge in [-0.1, -0.05) is 23.7 Å². The van der Waals surface area contributed by atoms with Crippen molar-refractivity contribution >= 4 is 23.3 Å². The SMILES string of the molecule is CC(=O)OCCc1cccc(NCc2cnn(-c3ccc(Cl)cc3)c2)c1. The van der Waals surface area contributed by atoms with Crippen LogP contribution in [0.25, 0.3) is 5.69 Å². The van der Waals surface area contributed by atoms with Gasteiger partial charge >= 0.3 is 5.97 Å². The molecule has 0 saturated carbocycles. The summed E-state index contributed by atoms with van der Waals surface area (Å²) >= 11 is 5.92. The Morgan fingerprint density at radius 1 is 1.19 bits per heavy atom. The molecule has 1 heterocycles. The molecule has 0 atom stereocenters. The second-order valence-electron chi connectivity index (χ2n) is 5.91. The Kier molecular flexibility index (Phi) is 5.92. The summed E-state index contributed by atoms with van der Waals surface area (Å²) in [5.74, 6) is -0.253. The van der Waals surface area contributed by atoms with Crippen molar-refractivity contribution in [2.24, 2.45) is 0 Å². The van der Waals surface area contributed by atoms with Crippen molar-refractivity contribution in [3.63, 3.8) is 0 Å². The smallest absolute Gasteiger partial charge is 0.302 e. The molecule has 0 spiro atoms. The molecular weight excluding hydrogens is 350 g/mol. The Bertz CT molecular complexity index is 875. The summed E-state index contributed by atoms with van der Waals surface area (Å²) in [6.45, 7) is 2.48. The highest BCUT2D eigenvalue weighted by Gasteiger charge is 2.03. The Morgan fingerprint density at radius 3 is 2.77 bits per heavy atom. The zero-order chi connectivity index (χ0) is 18.4. The van der Waals surface area contributed by atoms with Gasteiger partial charge in [0.2, 0.25) is 0 Å². The van der Waals surface area contributed by atoms with E-state index in [-0.39, 0.29) is 5.97 Å². The van der Waals surface area contributed by atoms with E-state index in [0.29, 0.717) is 24.6 Å². The maximum Gasteiger partial charge on any atom is 0.302 e. The molecule has 0 aliphatic heterocycles. The van der Waals surface area contributed by atoms with Gasteiger partial charge in [0, 0.05) is 42.4 Å². The van der Waals surface area contributed by atoms with E-state index in [0.717, 1.165) is 22.5 Å². The van der Waals surface area contributed by atoms with Crippen LogP contribution in [0.4, 0.5) is 5.69 Å². The molecule has 0 unspecified atom stereocenters. The van der Waals surface area contributed by atoms with Crippen LogP contribution in [0.1, 0.15) is 18.1 Å². The van der Waals surface area contributed by atoms with Crippen LogP contribution in [-0.4, -0.2) is 22.4 Å². The van der Waals surface area contributed by atoms with Crippen molar-refractivity contribution in [1.82, 2.24) is 9.78 Å². The number of nitrogens with zero attached hydrogens (tertiary/aromatic N) is 2. The van der Waals surface area contributed by atoms with E-state index in [2.05, 4.69) is 16.5 Å². The molecule has 0 aliphatic rings. The van der Waals surface area contributed by atoms with Crippen molar-refractivity contribution in [2.75, 3.05) is 11.9 Å². The van der Waals surface area contributed by atoms with E-state index in [1.54, 1.807) is 0 Å². The number of nitrogens with one attached hydrogen (secondary N) is 1. The number of rotatable bonds is 7. The molecule has 3 aromatic rings. The van der Waals surface area contributed by atoms with Crippen LogP contribution in [0.2, 0.25) is 5.02 Å². The van der Waals surface area contributed by atoms with Crippen LogP contribution >= 0.6 is 11.6 Å². The summed E-state index contributed by atoms with van der Waals surface area (Å²) in [6, 6.07) is 15.6. The standard InChI is InChI=1S/C20H20ClN3O2/c1-15(25)26-10-9-16-3-2-4-19(11-16)22-12-17-13-23-24(14-17)20-7-5-18(21)6-8-20/h2-8,11,13-14,22H,9-10,12H2,1H3. The molecule has 0 bridgehead atoms. The highest BCUT2D eigenvalue weighted by Crippen LogP contribution is 2.15. The molecule has 1 N–H and O–H groups in total. The van der Waals surface area contributed by atoms with E-state index < -0.39 is 0 Å². The van der Waals surface area contributed by atoms with Gasteiger partial charge in [-0.05, 0) is 42.0 Å². The second-order valence-corrected chi connectivity index (χ2v) is 6.35. The average Bonchev–Trinajstić information content (AvgIpc) is 3.10. The number of carbonyl (C=O) groups is 1. The number of aromatic nitrogens is 2. The lowest BCUT2D eigenvalue weighted by atomic mass is 10.1. The number of benzene rings is 2. The zero-order valence-electron chi connectivity index (χ0n) is 14.5. The Morgan fingerprint density at radius 2 is 2.00 bits per heavy atom. The van der Waals surface area contributed by atoms with Crippen LogP contribution in [0, 0.1) is 0 Å². The average molecular weight is 370 g/mol. The predicted octanol–water partition coefficient (Wildman–Crippen LogP) is 4.24. The van der Waals surface area contributed by atoms with E-state index in [1.807, 2.05) is 59.5 Å². The third kappa shape index (κ3) is 5.10. The maximum absolute atomic E-state index is 10.8. The highest BCUT2D eigenvalue weighted by molar-refractivity contribution is 6.30. The minimum absolute atomic E-state index is 0.253. The molecule has 2 aromatic carbocycles. The summed E-state index contributed by atoms with van der Waals surface area (Å²) in [6.07, 6.45) is 4.52. The van der Waals surface area contributed by atoms with Gasteiger partial charge in [-0.3, -0.25) is 4.79 Å². The molecule has 3 rings (SSSR count). The molecule has 5 nitrogen and oxygen atoms in total. The van der Waals surface area contributed by atoms with Crippen molar-refractivity contribution < 1.29 is 9.53 Å². The zero-order valence-corrected chi connectivity index (χ0v) is 15.2. The third-order valence-electron chi connectivity index (χ3n) is 3.85. The number of carbonyl (C=O) groups excluding carboxylic acids is 1. The topological polar surface area (TPSA) is 56.1 Å². The summed E-state index contributed by atoms with van der Waals surface area (Å²) < 4.78 is 6.81. The van der Waals surface area contributed by atoms with Gasteiger partial charge in [0.05, 0.1) is 18.5 Å². The number of halogens is 1. The number of anilines is 1. The van der Waals surface area contributed by atoms with Gasteiger partial charge < -0.3 is 10.1 Å². The fraction of sp³-hybridized carbons (Fsp3) is 0.200. The molecule has 0 aliphatic carbocycles. The molecule has 6 heteroatoms. The number of hydrogen-bond donors (Lipinski definition) is 1. The molecule has 0 amide bonds. The van der Waals surface area contributed by atoms with Crippen molar-refractivity contribution in [1.29, 1.82) is 0 Å². The summed E-state index contributed by atoms with van der Waals surface area (Å²) in [4.78, 5) is 10.8. The van der Waals surface area contributed by atoms with Gasteiger partial charge in [0.1, 0.15) is 0 Å². The fourth-order valence-corrected chi connectivity index (χ4v) is 2.67. The first kappa shape index (κ1) is 18.0. The quantitative estimate of drug-likeness (QED) is 0.633. The monoisotopic (exact) mass is 369 g/mol. The minimum atomic E-state index is -0.253. The van der Waals surface area contributed by atoms with E-state index in [4.69, 9.17) is 16.3 Å². The van der Waals surface area contributed by atoms with Gasteiger partial charge in [0.25, 0.3) is 0 Å². The molecule has 0 radical (unpaired) electrons. The Labute approximate surface area is 157 Å².